The SMILES string of the molecule is C[B]C(=O)N(C)C(C)(C)N1C(=O)CC(C(C)C)C1=O. The van der Waals surface area contributed by atoms with E-state index in [1.165, 1.54) is 17.1 Å². The molecule has 0 bridgehead atoms. The van der Waals surface area contributed by atoms with Gasteiger partial charge in [0, 0.05) is 19.4 Å². The summed E-state index contributed by atoms with van der Waals surface area (Å²) in [6.45, 7) is 8.93. The van der Waals surface area contributed by atoms with Crippen molar-refractivity contribution in [2.45, 2.75) is 46.6 Å². The Morgan fingerprint density at radius 1 is 1.42 bits per heavy atom. The maximum Gasteiger partial charge on any atom is 0.234 e. The fraction of sp³-hybridized carbons (Fsp3) is 0.769. The Morgan fingerprint density at radius 2 is 1.95 bits per heavy atom. The van der Waals surface area contributed by atoms with Gasteiger partial charge in [0.15, 0.2) is 5.81 Å². The molecule has 1 unspecified atom stereocenters. The van der Waals surface area contributed by atoms with E-state index in [0.29, 0.717) is 0 Å². The van der Waals surface area contributed by atoms with Crippen LogP contribution in [0.2, 0.25) is 6.82 Å². The highest BCUT2D eigenvalue weighted by molar-refractivity contribution is 6.72. The molecule has 1 saturated heterocycles. The molecular formula is C13H22BN2O3. The first-order valence-electron chi connectivity index (χ1n) is 6.58. The minimum Gasteiger partial charge on any atom is -0.332 e. The van der Waals surface area contributed by atoms with Gasteiger partial charge in [-0.1, -0.05) is 20.7 Å². The largest absolute Gasteiger partial charge is 0.332 e. The molecule has 0 aromatic carbocycles. The lowest BCUT2D eigenvalue weighted by atomic mass is 9.80. The fourth-order valence-electron chi connectivity index (χ4n) is 2.36. The van der Waals surface area contributed by atoms with E-state index >= 15 is 0 Å². The van der Waals surface area contributed by atoms with E-state index < -0.39 is 5.66 Å². The number of hydrogen-bond donors (Lipinski definition) is 0. The number of amides is 3. The average molecular weight is 265 g/mol. The second-order valence-electron chi connectivity index (χ2n) is 5.80. The second kappa shape index (κ2) is 5.35. The van der Waals surface area contributed by atoms with Crippen LogP contribution in [0.1, 0.15) is 34.1 Å². The number of likely N-dealkylation sites (tertiary alicyclic amines) is 1. The molecule has 0 aromatic rings. The molecule has 1 rings (SSSR count). The number of carbonyl (C=O) groups excluding carboxylic acids is 3. The number of carbonyl (C=O) groups is 3. The molecule has 5 nitrogen and oxygen atoms in total. The Bertz CT molecular complexity index is 407. The molecule has 1 atom stereocenters. The molecule has 1 aliphatic heterocycles. The zero-order chi connectivity index (χ0) is 15.0. The summed E-state index contributed by atoms with van der Waals surface area (Å²) in [5.74, 6) is -0.749. The summed E-state index contributed by atoms with van der Waals surface area (Å²) >= 11 is 0. The molecule has 0 aliphatic carbocycles. The van der Waals surface area contributed by atoms with Gasteiger partial charge in [0.25, 0.3) is 0 Å². The van der Waals surface area contributed by atoms with Gasteiger partial charge in [0.2, 0.25) is 19.1 Å². The molecule has 0 N–H and O–H groups in total. The normalized spacial score (nSPS) is 20.2. The molecule has 6 heteroatoms. The third kappa shape index (κ3) is 2.67. The van der Waals surface area contributed by atoms with Gasteiger partial charge in [0.05, 0.1) is 0 Å². The summed E-state index contributed by atoms with van der Waals surface area (Å²) < 4.78 is 0. The highest BCUT2D eigenvalue weighted by atomic mass is 16.2. The van der Waals surface area contributed by atoms with Crippen LogP contribution in [-0.4, -0.2) is 47.4 Å². The van der Waals surface area contributed by atoms with Gasteiger partial charge in [0.1, 0.15) is 5.66 Å². The van der Waals surface area contributed by atoms with Crippen LogP contribution in [0.4, 0.5) is 4.79 Å². The monoisotopic (exact) mass is 265 g/mol. The summed E-state index contributed by atoms with van der Waals surface area (Å²) in [6.07, 6.45) is 0.234. The molecule has 0 spiro atoms. The summed E-state index contributed by atoms with van der Waals surface area (Å²) in [4.78, 5) is 38.9. The first-order chi connectivity index (χ1) is 8.64. The minimum atomic E-state index is -0.943. The zero-order valence-electron chi connectivity index (χ0n) is 12.6. The lowest BCUT2D eigenvalue weighted by Gasteiger charge is -2.42. The van der Waals surface area contributed by atoms with Crippen molar-refractivity contribution >= 4 is 24.9 Å². The molecule has 1 aliphatic rings. The van der Waals surface area contributed by atoms with Gasteiger partial charge >= 0.3 is 0 Å². The fourth-order valence-corrected chi connectivity index (χ4v) is 2.36. The maximum absolute atomic E-state index is 12.4. The van der Waals surface area contributed by atoms with Crippen LogP contribution >= 0.6 is 0 Å². The summed E-state index contributed by atoms with van der Waals surface area (Å²) in [6, 6.07) is 0. The molecule has 105 valence electrons. The molecule has 1 fully saturated rings. The number of rotatable bonds is 4. The Kier molecular flexibility index (Phi) is 4.43. The topological polar surface area (TPSA) is 57.7 Å². The van der Waals surface area contributed by atoms with Crippen LogP contribution in [0.5, 0.6) is 0 Å². The molecule has 0 saturated carbocycles. The van der Waals surface area contributed by atoms with Gasteiger partial charge in [-0.2, -0.15) is 0 Å². The van der Waals surface area contributed by atoms with Crippen LogP contribution < -0.4 is 0 Å². The Morgan fingerprint density at radius 3 is 2.32 bits per heavy atom. The van der Waals surface area contributed by atoms with Gasteiger partial charge in [-0.3, -0.25) is 19.3 Å². The lowest BCUT2D eigenvalue weighted by molar-refractivity contribution is -0.150. The van der Waals surface area contributed by atoms with Crippen LogP contribution in [0.25, 0.3) is 0 Å². The van der Waals surface area contributed by atoms with Crippen LogP contribution in [0.3, 0.4) is 0 Å². The summed E-state index contributed by atoms with van der Waals surface area (Å²) in [5.41, 5.74) is -0.943. The molecule has 19 heavy (non-hydrogen) atoms. The van der Waals surface area contributed by atoms with E-state index in [0.717, 1.165) is 0 Å². The van der Waals surface area contributed by atoms with Crippen molar-refractivity contribution in [1.82, 2.24) is 9.80 Å². The average Bonchev–Trinajstić information content (AvgIpc) is 2.63. The van der Waals surface area contributed by atoms with Crippen LogP contribution in [-0.2, 0) is 9.59 Å². The van der Waals surface area contributed by atoms with Crippen LogP contribution in [0.15, 0.2) is 0 Å². The van der Waals surface area contributed by atoms with Crippen molar-refractivity contribution in [3.05, 3.63) is 0 Å². The first kappa shape index (κ1) is 15.7. The van der Waals surface area contributed by atoms with Crippen molar-refractivity contribution < 1.29 is 14.4 Å². The molecule has 0 aromatic heterocycles. The van der Waals surface area contributed by atoms with Crippen molar-refractivity contribution in [3.63, 3.8) is 0 Å². The third-order valence-corrected chi connectivity index (χ3v) is 3.93. The second-order valence-corrected chi connectivity index (χ2v) is 5.80. The van der Waals surface area contributed by atoms with Crippen molar-refractivity contribution in [3.8, 4) is 0 Å². The van der Waals surface area contributed by atoms with E-state index in [1.807, 2.05) is 13.8 Å². The molecule has 3 amide bonds. The Balaban J connectivity index is 3.04. The Hall–Kier alpha value is -1.33. The summed E-state index contributed by atoms with van der Waals surface area (Å²) in [7, 11) is 3.03. The number of nitrogens with zero attached hydrogens (tertiary/aromatic N) is 2. The summed E-state index contributed by atoms with van der Waals surface area (Å²) in [5, 5.41) is 0. The van der Waals surface area contributed by atoms with E-state index in [4.69, 9.17) is 0 Å². The predicted octanol–water partition coefficient (Wildman–Crippen LogP) is 1.56. The highest BCUT2D eigenvalue weighted by Crippen LogP contribution is 2.33. The first-order valence-corrected chi connectivity index (χ1v) is 6.58. The molecule has 1 radical (unpaired) electrons. The van der Waals surface area contributed by atoms with Gasteiger partial charge in [-0.05, 0) is 19.8 Å². The van der Waals surface area contributed by atoms with Crippen molar-refractivity contribution in [2.24, 2.45) is 11.8 Å². The number of imide groups is 1. The Labute approximate surface area is 115 Å². The van der Waals surface area contributed by atoms with Crippen molar-refractivity contribution in [2.75, 3.05) is 7.05 Å². The van der Waals surface area contributed by atoms with Gasteiger partial charge in [-0.25, -0.2) is 0 Å². The standard InChI is InChI=1S/C13H22BN2O3/c1-8(2)9-7-10(17)16(11(9)18)13(3,4)15(6)12(19)14-5/h8-9H,7H2,1-6H3. The molecular weight excluding hydrogens is 243 g/mol. The number of hydrogen-bond acceptors (Lipinski definition) is 3. The quantitative estimate of drug-likeness (QED) is 0.572. The van der Waals surface area contributed by atoms with E-state index in [1.54, 1.807) is 27.7 Å². The van der Waals surface area contributed by atoms with Gasteiger partial charge in [-0.15, -0.1) is 0 Å². The van der Waals surface area contributed by atoms with E-state index in [-0.39, 0.29) is 35.9 Å². The van der Waals surface area contributed by atoms with E-state index in [9.17, 15) is 14.4 Å². The zero-order valence-corrected chi connectivity index (χ0v) is 12.6. The van der Waals surface area contributed by atoms with Gasteiger partial charge < -0.3 is 4.90 Å². The van der Waals surface area contributed by atoms with Crippen molar-refractivity contribution in [1.29, 1.82) is 0 Å². The predicted molar refractivity (Wildman–Crippen MR) is 73.7 cm³/mol. The smallest absolute Gasteiger partial charge is 0.234 e. The van der Waals surface area contributed by atoms with Crippen LogP contribution in [0, 0.1) is 11.8 Å². The minimum absolute atomic E-state index is 0.121. The third-order valence-electron chi connectivity index (χ3n) is 3.93. The highest BCUT2D eigenvalue weighted by Gasteiger charge is 2.49. The maximum atomic E-state index is 12.4. The van der Waals surface area contributed by atoms with E-state index in [2.05, 4.69) is 0 Å². The molecule has 1 heterocycles. The lowest BCUT2D eigenvalue weighted by Crippen LogP contribution is -2.59.